The lowest BCUT2D eigenvalue weighted by Gasteiger charge is -2.36. The average Bonchev–Trinajstić information content (AvgIpc) is 3.18. The zero-order valence-electron chi connectivity index (χ0n) is 17.2. The van der Waals surface area contributed by atoms with Crippen molar-refractivity contribution in [1.29, 1.82) is 0 Å². The smallest absolute Gasteiger partial charge is 0.293 e. The molecule has 0 aromatic heterocycles. The molecule has 3 atom stereocenters. The molecule has 0 spiro atoms. The molecule has 2 fully saturated rings. The summed E-state index contributed by atoms with van der Waals surface area (Å²) in [6.07, 6.45) is 2.93. The second-order valence-corrected chi connectivity index (χ2v) is 8.46. The van der Waals surface area contributed by atoms with E-state index in [9.17, 15) is 14.9 Å². The average molecular weight is 389 g/mol. The zero-order valence-corrected chi connectivity index (χ0v) is 17.2. The van der Waals surface area contributed by atoms with Crippen LogP contribution in [0, 0.1) is 22.0 Å². The summed E-state index contributed by atoms with van der Waals surface area (Å²) in [5, 5.41) is 15.1. The summed E-state index contributed by atoms with van der Waals surface area (Å²) in [5.74, 6) is 0.893. The van der Waals surface area contributed by atoms with E-state index in [1.807, 2.05) is 11.8 Å². The van der Waals surface area contributed by atoms with Crippen molar-refractivity contribution in [2.75, 3.05) is 37.6 Å². The molecule has 7 heteroatoms. The number of nitro groups is 1. The normalized spacial score (nSPS) is 25.0. The van der Waals surface area contributed by atoms with Crippen LogP contribution in [0.4, 0.5) is 11.4 Å². The first-order valence-corrected chi connectivity index (χ1v) is 10.5. The van der Waals surface area contributed by atoms with Crippen LogP contribution in [-0.4, -0.2) is 54.5 Å². The first-order chi connectivity index (χ1) is 13.4. The monoisotopic (exact) mass is 388 g/mol. The Labute approximate surface area is 167 Å². The highest BCUT2D eigenvalue weighted by molar-refractivity contribution is 5.96. The first kappa shape index (κ1) is 20.6. The predicted octanol–water partition coefficient (Wildman–Crippen LogP) is 3.29. The Morgan fingerprint density at radius 2 is 2.04 bits per heavy atom. The molecule has 0 radical (unpaired) electrons. The Bertz CT molecular complexity index is 708. The van der Waals surface area contributed by atoms with Crippen LogP contribution < -0.4 is 10.2 Å². The summed E-state index contributed by atoms with van der Waals surface area (Å²) in [6, 6.07) is 5.18. The van der Waals surface area contributed by atoms with Gasteiger partial charge in [0, 0.05) is 43.9 Å². The number of amides is 1. The van der Waals surface area contributed by atoms with Gasteiger partial charge in [-0.25, -0.2) is 0 Å². The van der Waals surface area contributed by atoms with Crippen molar-refractivity contribution in [1.82, 2.24) is 10.2 Å². The molecule has 0 aliphatic carbocycles. The molecule has 2 heterocycles. The lowest BCUT2D eigenvalue weighted by Crippen LogP contribution is -2.42. The highest BCUT2D eigenvalue weighted by atomic mass is 16.6. The second-order valence-electron chi connectivity index (χ2n) is 8.46. The van der Waals surface area contributed by atoms with Gasteiger partial charge < -0.3 is 15.1 Å². The summed E-state index contributed by atoms with van der Waals surface area (Å²) in [7, 11) is 0. The fraction of sp³-hybridized carbons (Fsp3) is 0.667. The number of nitrogens with zero attached hydrogens (tertiary/aromatic N) is 3. The van der Waals surface area contributed by atoms with Gasteiger partial charge in [0.05, 0.1) is 4.92 Å². The van der Waals surface area contributed by atoms with Crippen LogP contribution in [0.3, 0.4) is 0 Å². The van der Waals surface area contributed by atoms with Gasteiger partial charge in [-0.05, 0) is 49.8 Å². The molecule has 3 rings (SSSR count). The molecule has 0 bridgehead atoms. The number of rotatable bonds is 6. The van der Waals surface area contributed by atoms with Gasteiger partial charge in [0.15, 0.2) is 0 Å². The first-order valence-electron chi connectivity index (χ1n) is 10.5. The van der Waals surface area contributed by atoms with Crippen LogP contribution in [0.1, 0.15) is 50.4 Å². The predicted molar refractivity (Wildman–Crippen MR) is 111 cm³/mol. The number of hydrogen-bond donors (Lipinski definition) is 1. The van der Waals surface area contributed by atoms with Crippen LogP contribution in [0.25, 0.3) is 0 Å². The topological polar surface area (TPSA) is 78.7 Å². The maximum Gasteiger partial charge on any atom is 0.293 e. The Hall–Kier alpha value is -2.15. The van der Waals surface area contributed by atoms with E-state index in [1.54, 1.807) is 12.1 Å². The number of nitrogens with one attached hydrogen (secondary N) is 1. The number of carbonyl (C=O) groups excluding carboxylic acids is 1. The molecule has 1 aromatic carbocycles. The Morgan fingerprint density at radius 1 is 1.32 bits per heavy atom. The van der Waals surface area contributed by atoms with Crippen LogP contribution in [0.15, 0.2) is 18.2 Å². The Kier molecular flexibility index (Phi) is 6.54. The van der Waals surface area contributed by atoms with E-state index >= 15 is 0 Å². The van der Waals surface area contributed by atoms with Crippen LogP contribution in [-0.2, 0) is 0 Å². The highest BCUT2D eigenvalue weighted by Gasteiger charge is 2.30. The number of anilines is 1. The molecule has 154 valence electrons. The van der Waals surface area contributed by atoms with Gasteiger partial charge in [0.1, 0.15) is 5.69 Å². The van der Waals surface area contributed by atoms with E-state index in [2.05, 4.69) is 24.1 Å². The third kappa shape index (κ3) is 4.46. The summed E-state index contributed by atoms with van der Waals surface area (Å²) in [4.78, 5) is 28.6. The minimum absolute atomic E-state index is 0.0353. The van der Waals surface area contributed by atoms with Crippen molar-refractivity contribution < 1.29 is 9.72 Å². The minimum atomic E-state index is -0.350. The highest BCUT2D eigenvalue weighted by Crippen LogP contribution is 2.34. The van der Waals surface area contributed by atoms with E-state index in [0.29, 0.717) is 29.6 Å². The summed E-state index contributed by atoms with van der Waals surface area (Å²) >= 11 is 0. The van der Waals surface area contributed by atoms with Gasteiger partial charge in [0.25, 0.3) is 11.6 Å². The quantitative estimate of drug-likeness (QED) is 0.598. The van der Waals surface area contributed by atoms with Crippen molar-refractivity contribution in [3.8, 4) is 0 Å². The van der Waals surface area contributed by atoms with Crippen molar-refractivity contribution in [2.45, 2.75) is 46.1 Å². The zero-order chi connectivity index (χ0) is 20.3. The Morgan fingerprint density at radius 3 is 2.61 bits per heavy atom. The van der Waals surface area contributed by atoms with Gasteiger partial charge in [-0.1, -0.05) is 20.8 Å². The fourth-order valence-electron chi connectivity index (χ4n) is 4.69. The van der Waals surface area contributed by atoms with Gasteiger partial charge in [-0.2, -0.15) is 0 Å². The SMILES string of the molecule is CCCN(C(=O)c1ccc(N2CC(C)CC(C)C2)c([N+](=O)[O-])c1)C1CCNC1. The van der Waals surface area contributed by atoms with E-state index < -0.39 is 0 Å². The number of piperidine rings is 1. The molecule has 28 heavy (non-hydrogen) atoms. The van der Waals surface area contributed by atoms with Crippen LogP contribution in [0.2, 0.25) is 0 Å². The van der Waals surface area contributed by atoms with Gasteiger partial charge in [0.2, 0.25) is 0 Å². The van der Waals surface area contributed by atoms with E-state index in [-0.39, 0.29) is 22.6 Å². The van der Waals surface area contributed by atoms with E-state index in [4.69, 9.17) is 0 Å². The summed E-state index contributed by atoms with van der Waals surface area (Å²) < 4.78 is 0. The van der Waals surface area contributed by atoms with E-state index in [1.165, 1.54) is 6.07 Å². The third-order valence-corrected chi connectivity index (χ3v) is 5.83. The van der Waals surface area contributed by atoms with Gasteiger partial charge in [-0.15, -0.1) is 0 Å². The summed E-state index contributed by atoms with van der Waals surface area (Å²) in [5.41, 5.74) is 1.08. The second kappa shape index (κ2) is 8.90. The number of carbonyl (C=O) groups is 1. The van der Waals surface area contributed by atoms with Crippen LogP contribution in [0.5, 0.6) is 0 Å². The fourth-order valence-corrected chi connectivity index (χ4v) is 4.69. The number of hydrogen-bond acceptors (Lipinski definition) is 5. The summed E-state index contributed by atoms with van der Waals surface area (Å²) in [6.45, 7) is 10.4. The standard InChI is InChI=1S/C21H32N4O3/c1-4-9-24(18-7-8-22-12-18)21(26)17-5-6-19(20(11-17)25(27)28)23-13-15(2)10-16(3)14-23/h5-6,11,15-16,18,22H,4,7-10,12-14H2,1-3H3. The molecule has 3 unspecified atom stereocenters. The van der Waals surface area contributed by atoms with Crippen molar-refractivity contribution in [3.63, 3.8) is 0 Å². The minimum Gasteiger partial charge on any atom is -0.365 e. The lowest BCUT2D eigenvalue weighted by atomic mass is 9.91. The molecular weight excluding hydrogens is 356 g/mol. The van der Waals surface area contributed by atoms with Crippen molar-refractivity contribution in [2.24, 2.45) is 11.8 Å². The van der Waals surface area contributed by atoms with Gasteiger partial charge in [-0.3, -0.25) is 14.9 Å². The lowest BCUT2D eigenvalue weighted by molar-refractivity contribution is -0.384. The molecule has 7 nitrogen and oxygen atoms in total. The number of benzene rings is 1. The molecule has 2 aliphatic heterocycles. The van der Waals surface area contributed by atoms with Crippen molar-refractivity contribution in [3.05, 3.63) is 33.9 Å². The third-order valence-electron chi connectivity index (χ3n) is 5.83. The van der Waals surface area contributed by atoms with E-state index in [0.717, 1.165) is 45.4 Å². The molecule has 1 aromatic rings. The Balaban J connectivity index is 1.89. The molecule has 2 aliphatic rings. The maximum atomic E-state index is 13.2. The molecule has 1 amide bonds. The number of nitro benzene ring substituents is 1. The largest absolute Gasteiger partial charge is 0.365 e. The molecule has 1 N–H and O–H groups in total. The van der Waals surface area contributed by atoms with Crippen LogP contribution >= 0.6 is 0 Å². The van der Waals surface area contributed by atoms with Gasteiger partial charge >= 0.3 is 0 Å². The maximum absolute atomic E-state index is 13.2. The molecule has 2 saturated heterocycles. The molecular formula is C21H32N4O3. The van der Waals surface area contributed by atoms with Crippen molar-refractivity contribution >= 4 is 17.3 Å². The molecule has 0 saturated carbocycles.